The number of likely N-dealkylation sites (tertiary alicyclic amines) is 1. The Morgan fingerprint density at radius 3 is 2.42 bits per heavy atom. The summed E-state index contributed by atoms with van der Waals surface area (Å²) in [5, 5.41) is 24.7. The van der Waals surface area contributed by atoms with Crippen molar-refractivity contribution < 1.29 is 29.4 Å². The first-order valence-corrected chi connectivity index (χ1v) is 13.5. The largest absolute Gasteiger partial charge is 0.481 e. The van der Waals surface area contributed by atoms with E-state index in [0.717, 1.165) is 21.7 Å². The van der Waals surface area contributed by atoms with Gasteiger partial charge in [0.1, 0.15) is 12.1 Å². The number of carboxylic acid groups (broad SMARTS) is 1. The van der Waals surface area contributed by atoms with Crippen LogP contribution in [-0.4, -0.2) is 68.5 Å². The Morgan fingerprint density at radius 2 is 1.84 bits per heavy atom. The standard InChI is InChI=1S/C27H36N4O6S/c1-16-23(38-15-29-16)18-10-8-17(9-11-18)13-28-25(36)20-12-19(32)14-31(20)26(37)24(27(2,3)4)30-21(33)6-5-7-22(34)35/h8-11,15,19-20,24,32H,5-7,12-14H2,1-4H3,(H,28,36)(H,30,33)(H,34,35)/t19-,20+,24?/m1/s1. The molecular weight excluding hydrogens is 508 g/mol. The van der Waals surface area contributed by atoms with Crippen molar-refractivity contribution in [2.24, 2.45) is 5.41 Å². The monoisotopic (exact) mass is 544 g/mol. The lowest BCUT2D eigenvalue weighted by atomic mass is 9.85. The maximum Gasteiger partial charge on any atom is 0.303 e. The van der Waals surface area contributed by atoms with E-state index in [1.807, 2.05) is 31.2 Å². The summed E-state index contributed by atoms with van der Waals surface area (Å²) in [6.45, 7) is 7.60. The Hall–Kier alpha value is -3.31. The van der Waals surface area contributed by atoms with Gasteiger partial charge >= 0.3 is 5.97 Å². The minimum Gasteiger partial charge on any atom is -0.481 e. The van der Waals surface area contributed by atoms with Crippen molar-refractivity contribution >= 4 is 35.0 Å². The number of carboxylic acids is 1. The van der Waals surface area contributed by atoms with Crippen molar-refractivity contribution in [2.45, 2.75) is 78.1 Å². The Bertz CT molecular complexity index is 1160. The van der Waals surface area contributed by atoms with Crippen LogP contribution in [0.4, 0.5) is 0 Å². The number of β-amino-alcohol motifs (C(OH)–C–C–N with tert-alkyl or cyclic N) is 1. The molecule has 0 spiro atoms. The molecule has 1 saturated heterocycles. The average molecular weight is 545 g/mol. The summed E-state index contributed by atoms with van der Waals surface area (Å²) in [6.07, 6.45) is -0.770. The number of hydrogen-bond acceptors (Lipinski definition) is 7. The van der Waals surface area contributed by atoms with Crippen LogP contribution in [0.15, 0.2) is 29.8 Å². The van der Waals surface area contributed by atoms with E-state index < -0.39 is 41.4 Å². The number of carbonyl (C=O) groups excluding carboxylic acids is 3. The maximum absolute atomic E-state index is 13.5. The van der Waals surface area contributed by atoms with Gasteiger partial charge in [0.15, 0.2) is 0 Å². The first-order chi connectivity index (χ1) is 17.9. The molecule has 1 fully saturated rings. The summed E-state index contributed by atoms with van der Waals surface area (Å²) < 4.78 is 0. The third-order valence-electron chi connectivity index (χ3n) is 6.51. The zero-order chi connectivity index (χ0) is 28.0. The van der Waals surface area contributed by atoms with E-state index in [9.17, 15) is 24.3 Å². The second-order valence-electron chi connectivity index (χ2n) is 10.7. The number of aliphatic carboxylic acids is 1. The van der Waals surface area contributed by atoms with Gasteiger partial charge in [-0.2, -0.15) is 0 Å². The fraction of sp³-hybridized carbons (Fsp3) is 0.519. The third kappa shape index (κ3) is 7.61. The van der Waals surface area contributed by atoms with Crippen molar-refractivity contribution in [1.29, 1.82) is 0 Å². The quantitative estimate of drug-likeness (QED) is 0.359. The number of nitrogens with one attached hydrogen (secondary N) is 2. The molecule has 4 N–H and O–H groups in total. The lowest BCUT2D eigenvalue weighted by molar-refractivity contribution is -0.144. The van der Waals surface area contributed by atoms with E-state index >= 15 is 0 Å². The smallest absolute Gasteiger partial charge is 0.303 e. The van der Waals surface area contributed by atoms with Crippen molar-refractivity contribution in [2.75, 3.05) is 6.54 Å². The van der Waals surface area contributed by atoms with Gasteiger partial charge in [0.05, 0.1) is 22.2 Å². The fourth-order valence-electron chi connectivity index (χ4n) is 4.41. The molecule has 2 heterocycles. The molecule has 1 unspecified atom stereocenters. The molecule has 1 aromatic heterocycles. The minimum absolute atomic E-state index is 0.0126. The Morgan fingerprint density at radius 1 is 1.16 bits per heavy atom. The topological polar surface area (TPSA) is 149 Å². The molecule has 0 aliphatic carbocycles. The first-order valence-electron chi connectivity index (χ1n) is 12.6. The molecule has 3 rings (SSSR count). The van der Waals surface area contributed by atoms with Crippen LogP contribution in [0, 0.1) is 12.3 Å². The molecule has 0 radical (unpaired) electrons. The molecule has 0 bridgehead atoms. The summed E-state index contributed by atoms with van der Waals surface area (Å²) >= 11 is 1.57. The van der Waals surface area contributed by atoms with Gasteiger partial charge in [0.2, 0.25) is 17.7 Å². The van der Waals surface area contributed by atoms with Gasteiger partial charge in [-0.1, -0.05) is 45.0 Å². The summed E-state index contributed by atoms with van der Waals surface area (Å²) in [5.74, 6) is -2.26. The number of carbonyl (C=O) groups is 4. The number of nitrogens with zero attached hydrogens (tertiary/aromatic N) is 2. The van der Waals surface area contributed by atoms with E-state index in [1.54, 1.807) is 37.6 Å². The summed E-state index contributed by atoms with van der Waals surface area (Å²) in [4.78, 5) is 56.5. The highest BCUT2D eigenvalue weighted by atomic mass is 32.1. The van der Waals surface area contributed by atoms with Gasteiger partial charge in [-0.05, 0) is 29.9 Å². The van der Waals surface area contributed by atoms with Crippen LogP contribution >= 0.6 is 11.3 Å². The summed E-state index contributed by atoms with van der Waals surface area (Å²) in [7, 11) is 0. The molecule has 11 heteroatoms. The Kier molecular flexibility index (Phi) is 9.61. The van der Waals surface area contributed by atoms with E-state index in [1.165, 1.54) is 4.90 Å². The Labute approximate surface area is 226 Å². The number of rotatable bonds is 10. The number of aryl methyl sites for hydroxylation is 1. The molecule has 206 valence electrons. The van der Waals surface area contributed by atoms with Crippen LogP contribution < -0.4 is 10.6 Å². The molecule has 1 aromatic carbocycles. The highest BCUT2D eigenvalue weighted by Crippen LogP contribution is 2.28. The van der Waals surface area contributed by atoms with Gasteiger partial charge in [-0.15, -0.1) is 11.3 Å². The van der Waals surface area contributed by atoms with Crippen LogP contribution in [0.1, 0.15) is 57.7 Å². The zero-order valence-electron chi connectivity index (χ0n) is 22.2. The molecule has 0 saturated carbocycles. The van der Waals surface area contributed by atoms with Crippen LogP contribution in [0.2, 0.25) is 0 Å². The van der Waals surface area contributed by atoms with Gasteiger partial charge in [-0.3, -0.25) is 19.2 Å². The molecule has 1 aliphatic rings. The number of aromatic nitrogens is 1. The van der Waals surface area contributed by atoms with E-state index in [0.29, 0.717) is 0 Å². The number of aliphatic hydroxyl groups is 1. The molecule has 3 atom stereocenters. The number of amides is 3. The molecule has 10 nitrogen and oxygen atoms in total. The van der Waals surface area contributed by atoms with Crippen molar-refractivity contribution in [3.8, 4) is 10.4 Å². The fourth-order valence-corrected chi connectivity index (χ4v) is 5.23. The molecular formula is C27H36N4O6S. The lowest BCUT2D eigenvalue weighted by Crippen LogP contribution is -2.57. The highest BCUT2D eigenvalue weighted by Gasteiger charge is 2.44. The Balaban J connectivity index is 1.64. The summed E-state index contributed by atoms with van der Waals surface area (Å²) in [5.41, 5.74) is 4.03. The summed E-state index contributed by atoms with van der Waals surface area (Å²) in [6, 6.07) is 6.00. The van der Waals surface area contributed by atoms with Crippen molar-refractivity contribution in [1.82, 2.24) is 20.5 Å². The minimum atomic E-state index is -0.994. The molecule has 38 heavy (non-hydrogen) atoms. The van der Waals surface area contributed by atoms with E-state index in [4.69, 9.17) is 5.11 Å². The number of aliphatic hydroxyl groups excluding tert-OH is 1. The predicted octanol–water partition coefficient (Wildman–Crippen LogP) is 2.48. The maximum atomic E-state index is 13.5. The number of thiazole rings is 1. The first kappa shape index (κ1) is 29.2. The second-order valence-corrected chi connectivity index (χ2v) is 11.5. The van der Waals surface area contributed by atoms with Crippen LogP contribution in [0.3, 0.4) is 0 Å². The zero-order valence-corrected chi connectivity index (χ0v) is 23.0. The number of benzene rings is 1. The predicted molar refractivity (Wildman–Crippen MR) is 143 cm³/mol. The van der Waals surface area contributed by atoms with Crippen LogP contribution in [-0.2, 0) is 25.7 Å². The van der Waals surface area contributed by atoms with Crippen LogP contribution in [0.5, 0.6) is 0 Å². The molecule has 1 aliphatic heterocycles. The third-order valence-corrected chi connectivity index (χ3v) is 7.48. The van der Waals surface area contributed by atoms with Gasteiger partial charge in [0.25, 0.3) is 0 Å². The van der Waals surface area contributed by atoms with Gasteiger partial charge in [0, 0.05) is 32.4 Å². The van der Waals surface area contributed by atoms with Gasteiger partial charge in [-0.25, -0.2) is 4.98 Å². The second kappa shape index (κ2) is 12.5. The SMILES string of the molecule is Cc1ncsc1-c1ccc(CNC(=O)[C@@H]2C[C@@H](O)CN2C(=O)C(NC(=O)CCCC(=O)O)C(C)(C)C)cc1. The molecule has 3 amide bonds. The van der Waals surface area contributed by atoms with Gasteiger partial charge < -0.3 is 25.7 Å². The number of hydrogen-bond donors (Lipinski definition) is 4. The highest BCUT2D eigenvalue weighted by molar-refractivity contribution is 7.13. The van der Waals surface area contributed by atoms with E-state index in [-0.39, 0.29) is 44.7 Å². The van der Waals surface area contributed by atoms with E-state index in [2.05, 4.69) is 15.6 Å². The van der Waals surface area contributed by atoms with Crippen molar-refractivity contribution in [3.05, 3.63) is 41.0 Å². The molecule has 2 aromatic rings. The van der Waals surface area contributed by atoms with Crippen LogP contribution in [0.25, 0.3) is 10.4 Å². The normalized spacial score (nSPS) is 18.2. The van der Waals surface area contributed by atoms with Crippen molar-refractivity contribution in [3.63, 3.8) is 0 Å². The lowest BCUT2D eigenvalue weighted by Gasteiger charge is -2.35. The average Bonchev–Trinajstić information content (AvgIpc) is 3.45.